The number of benzene rings is 2. The predicted octanol–water partition coefficient (Wildman–Crippen LogP) is -2.33. The van der Waals surface area contributed by atoms with Crippen molar-refractivity contribution >= 4 is 182 Å². The van der Waals surface area contributed by atoms with Gasteiger partial charge in [0, 0.05) is 23.4 Å². The molecule has 6 unspecified atom stereocenters. The van der Waals surface area contributed by atoms with Gasteiger partial charge >= 0.3 is 0 Å². The van der Waals surface area contributed by atoms with E-state index < -0.39 is 131 Å². The predicted molar refractivity (Wildman–Crippen MR) is 275 cm³/mol. The standard InChI is InChI=1S/C35H44I6N6O16/c1-42-3-20(59)47(4-15(54)21-25(36)22(33(60)43-12(5-48)16(55)8-51)28(39)31(27(21)38)46-19(58)11-63-2)32-29(40)23(34(61)44-13(6-49)17(56)9-52)26(37)24(30(32)41)35(62)45-14(7-50)18(57)10-53/h12-14,16-18,42,48-53,55-57H,3-11H2,1-2H3,(H,43,60)(H,44,61)(H,45,62)(H,46,58). The largest absolute Gasteiger partial charge is 0.394 e. The van der Waals surface area contributed by atoms with Crippen LogP contribution in [0, 0.1) is 21.4 Å². The zero-order valence-electron chi connectivity index (χ0n) is 32.9. The fourth-order valence-electron chi connectivity index (χ4n) is 5.47. The van der Waals surface area contributed by atoms with Gasteiger partial charge in [0.05, 0.1) is 128 Å². The van der Waals surface area contributed by atoms with Crippen molar-refractivity contribution in [3.8, 4) is 0 Å². The van der Waals surface area contributed by atoms with Gasteiger partial charge in [-0.2, -0.15) is 0 Å². The van der Waals surface area contributed by atoms with Gasteiger partial charge in [0.1, 0.15) is 6.61 Å². The number of rotatable bonds is 24. The minimum atomic E-state index is -1.64. The van der Waals surface area contributed by atoms with E-state index in [2.05, 4.69) is 26.6 Å². The summed E-state index contributed by atoms with van der Waals surface area (Å²) in [6.45, 7) is -6.75. The molecule has 22 nitrogen and oxygen atoms in total. The molecule has 0 saturated carbocycles. The van der Waals surface area contributed by atoms with Crippen LogP contribution in [0.15, 0.2) is 0 Å². The molecule has 2 rings (SSSR count). The van der Waals surface area contributed by atoms with Crippen LogP contribution in [0.3, 0.4) is 0 Å². The van der Waals surface area contributed by atoms with Crippen molar-refractivity contribution in [3.63, 3.8) is 0 Å². The van der Waals surface area contributed by atoms with Crippen molar-refractivity contribution in [2.45, 2.75) is 36.4 Å². The summed E-state index contributed by atoms with van der Waals surface area (Å²) in [7, 11) is 2.70. The molecule has 0 fully saturated rings. The Morgan fingerprint density at radius 3 is 1.29 bits per heavy atom. The van der Waals surface area contributed by atoms with E-state index >= 15 is 0 Å². The topological polar surface area (TPSA) is 357 Å². The number of likely N-dealkylation sites (N-methyl/N-ethyl adjacent to an activating group) is 1. The van der Waals surface area contributed by atoms with Gasteiger partial charge in [-0.1, -0.05) is 0 Å². The number of anilines is 2. The quantitative estimate of drug-likeness (QED) is 0.0387. The molecule has 0 aliphatic rings. The first kappa shape index (κ1) is 58.5. The van der Waals surface area contributed by atoms with E-state index in [-0.39, 0.29) is 55.0 Å². The van der Waals surface area contributed by atoms with Gasteiger partial charge in [-0.3, -0.25) is 28.8 Å². The summed E-state index contributed by atoms with van der Waals surface area (Å²) in [5.74, 6) is -5.28. The zero-order valence-corrected chi connectivity index (χ0v) is 45.9. The maximum absolute atomic E-state index is 14.8. The molecule has 5 amide bonds. The highest BCUT2D eigenvalue weighted by Crippen LogP contribution is 2.40. The number of aliphatic hydroxyl groups excluding tert-OH is 9. The molecule has 63 heavy (non-hydrogen) atoms. The Morgan fingerprint density at radius 1 is 0.571 bits per heavy atom. The lowest BCUT2D eigenvalue weighted by Gasteiger charge is -2.29. The molecule has 0 aliphatic heterocycles. The molecule has 28 heteroatoms. The van der Waals surface area contributed by atoms with Gasteiger partial charge in [0.2, 0.25) is 11.8 Å². The van der Waals surface area contributed by atoms with Gasteiger partial charge in [0.15, 0.2) is 5.78 Å². The van der Waals surface area contributed by atoms with Crippen molar-refractivity contribution in [3.05, 3.63) is 43.7 Å². The van der Waals surface area contributed by atoms with Crippen LogP contribution in [0.5, 0.6) is 0 Å². The number of amides is 5. The summed E-state index contributed by atoms with van der Waals surface area (Å²) >= 11 is 10.3. The number of ether oxygens (including phenoxy) is 1. The van der Waals surface area contributed by atoms with Crippen LogP contribution in [0.2, 0.25) is 0 Å². The van der Waals surface area contributed by atoms with E-state index in [9.17, 15) is 74.7 Å². The van der Waals surface area contributed by atoms with Crippen molar-refractivity contribution in [1.29, 1.82) is 0 Å². The van der Waals surface area contributed by atoms with E-state index in [1.54, 1.807) is 136 Å². The second-order valence-corrected chi connectivity index (χ2v) is 19.5. The van der Waals surface area contributed by atoms with Crippen LogP contribution in [0.1, 0.15) is 41.4 Å². The first-order chi connectivity index (χ1) is 29.7. The summed E-state index contributed by atoms with van der Waals surface area (Å²) in [6.07, 6.45) is -4.87. The number of hydrogen-bond donors (Lipinski definition) is 14. The highest BCUT2D eigenvalue weighted by Gasteiger charge is 2.37. The van der Waals surface area contributed by atoms with E-state index in [1.807, 2.05) is 0 Å². The van der Waals surface area contributed by atoms with Crippen molar-refractivity contribution in [2.24, 2.45) is 0 Å². The molecule has 6 atom stereocenters. The molecule has 0 radical (unpaired) electrons. The Morgan fingerprint density at radius 2 is 0.937 bits per heavy atom. The summed E-state index contributed by atoms with van der Waals surface area (Å²) in [5, 5.41) is 102. The third-order valence-electron chi connectivity index (χ3n) is 8.81. The number of methoxy groups -OCH3 is 1. The molecule has 14 N–H and O–H groups in total. The SMILES string of the molecule is CNCC(=O)N(CC(=O)c1c(I)c(NC(=O)COC)c(I)c(C(=O)NC(CO)C(O)CO)c1I)c1c(I)c(C(=O)NC(CO)C(O)CO)c(I)c(C(=O)NC(CO)C(O)CO)c1I. The number of Topliss-reactive ketones (excluding diaryl/α,β-unsaturated/α-hetero) is 1. The summed E-state index contributed by atoms with van der Waals surface area (Å²) in [5.41, 5.74) is -1.21. The molecule has 0 aliphatic carbocycles. The van der Waals surface area contributed by atoms with Crippen molar-refractivity contribution < 1.29 is 79.5 Å². The molecule has 0 spiro atoms. The fraction of sp³-hybridized carbons (Fsp3) is 0.486. The minimum Gasteiger partial charge on any atom is -0.394 e. The second kappa shape index (κ2) is 28.0. The highest BCUT2D eigenvalue weighted by molar-refractivity contribution is 14.1. The summed E-state index contributed by atoms with van der Waals surface area (Å²) in [4.78, 5) is 84.9. The van der Waals surface area contributed by atoms with Gasteiger partial charge in [-0.15, -0.1) is 0 Å². The van der Waals surface area contributed by atoms with Crippen molar-refractivity contribution in [2.75, 3.05) is 83.7 Å². The molecule has 0 saturated heterocycles. The number of carbonyl (C=O) groups is 6. The number of nitrogens with zero attached hydrogens (tertiary/aromatic N) is 1. The van der Waals surface area contributed by atoms with Gasteiger partial charge in [-0.05, 0) is 143 Å². The van der Waals surface area contributed by atoms with E-state index in [0.717, 1.165) is 4.90 Å². The number of carbonyl (C=O) groups excluding carboxylic acids is 6. The van der Waals surface area contributed by atoms with Crippen LogP contribution in [0.25, 0.3) is 0 Å². The minimum absolute atomic E-state index is 0.00746. The number of ketones is 1. The summed E-state index contributed by atoms with van der Waals surface area (Å²) < 4.78 is 5.01. The van der Waals surface area contributed by atoms with Crippen molar-refractivity contribution in [1.82, 2.24) is 21.3 Å². The number of hydrogen-bond acceptors (Lipinski definition) is 17. The Bertz CT molecular complexity index is 1960. The second-order valence-electron chi connectivity index (χ2n) is 13.1. The Labute approximate surface area is 441 Å². The first-order valence-corrected chi connectivity index (χ1v) is 24.4. The van der Waals surface area contributed by atoms with Crippen LogP contribution in [-0.4, -0.2) is 191 Å². The number of aliphatic hydroxyl groups is 9. The van der Waals surface area contributed by atoms with E-state index in [0.29, 0.717) is 0 Å². The number of halogens is 6. The lowest BCUT2D eigenvalue weighted by atomic mass is 10.0. The smallest absolute Gasteiger partial charge is 0.253 e. The fourth-order valence-corrected chi connectivity index (χ4v) is 14.7. The molecule has 2 aromatic rings. The Kier molecular flexibility index (Phi) is 26.0. The average molecular weight is 1570 g/mol. The Hall–Kier alpha value is -0.600. The number of nitrogens with one attached hydrogen (secondary N) is 5. The highest BCUT2D eigenvalue weighted by atomic mass is 127. The van der Waals surface area contributed by atoms with Gasteiger partial charge in [-0.25, -0.2) is 0 Å². The van der Waals surface area contributed by atoms with Gasteiger partial charge < -0.3 is 82.2 Å². The average Bonchev–Trinajstić information content (AvgIpc) is 3.24. The molecule has 0 aromatic heterocycles. The lowest BCUT2D eigenvalue weighted by Crippen LogP contribution is -2.49. The maximum Gasteiger partial charge on any atom is 0.253 e. The third-order valence-corrected chi connectivity index (χ3v) is 15.2. The van der Waals surface area contributed by atoms with Crippen LogP contribution in [-0.2, 0) is 14.3 Å². The molecule has 0 bridgehead atoms. The first-order valence-electron chi connectivity index (χ1n) is 18.0. The van der Waals surface area contributed by atoms with Crippen LogP contribution < -0.4 is 31.5 Å². The van der Waals surface area contributed by atoms with Crippen LogP contribution in [0.4, 0.5) is 11.4 Å². The molecular weight excluding hydrogens is 1520 g/mol. The van der Waals surface area contributed by atoms with Crippen LogP contribution >= 0.6 is 136 Å². The van der Waals surface area contributed by atoms with Gasteiger partial charge in [0.25, 0.3) is 17.7 Å². The molecular formula is C35H44I6N6O16. The molecule has 2 aromatic carbocycles. The summed E-state index contributed by atoms with van der Waals surface area (Å²) in [6, 6.07) is -4.22. The van der Waals surface area contributed by atoms with E-state index in [1.165, 1.54) is 14.2 Å². The lowest BCUT2D eigenvalue weighted by molar-refractivity contribution is -0.119. The zero-order chi connectivity index (χ0) is 48.0. The maximum atomic E-state index is 14.8. The van der Waals surface area contributed by atoms with E-state index in [4.69, 9.17) is 4.74 Å². The Balaban J connectivity index is 3.10. The molecule has 0 heterocycles. The monoisotopic (exact) mass is 1570 g/mol. The molecule has 352 valence electrons. The third kappa shape index (κ3) is 14.7. The normalized spacial score (nSPS) is 14.2.